The molecule has 3 atom stereocenters. The molecule has 1 aliphatic rings. The van der Waals surface area contributed by atoms with Crippen LogP contribution >= 0.6 is 0 Å². The molecule has 1 rings (SSSR count). The molecule has 1 heterocycles. The van der Waals surface area contributed by atoms with E-state index in [1.807, 2.05) is 13.8 Å². The Balaban J connectivity index is 2.66. The van der Waals surface area contributed by atoms with Gasteiger partial charge in [0.05, 0.1) is 6.61 Å². The summed E-state index contributed by atoms with van der Waals surface area (Å²) in [6.07, 6.45) is 3.37. The topological polar surface area (TPSA) is 41.6 Å². The van der Waals surface area contributed by atoms with Crippen molar-refractivity contribution in [2.75, 3.05) is 19.7 Å². The van der Waals surface area contributed by atoms with Gasteiger partial charge in [0, 0.05) is 18.6 Å². The highest BCUT2D eigenvalue weighted by molar-refractivity contribution is 5.80. The fourth-order valence-corrected chi connectivity index (χ4v) is 3.26. The monoisotopic (exact) mass is 298 g/mol. The zero-order valence-corrected chi connectivity index (χ0v) is 14.7. The molecule has 1 aliphatic heterocycles. The number of nitrogens with one attached hydrogen (secondary N) is 1. The van der Waals surface area contributed by atoms with Gasteiger partial charge < -0.3 is 9.64 Å². The van der Waals surface area contributed by atoms with Crippen LogP contribution in [0.3, 0.4) is 0 Å². The van der Waals surface area contributed by atoms with E-state index in [1.165, 1.54) is 12.8 Å². The van der Waals surface area contributed by atoms with Crippen LogP contribution in [0.15, 0.2) is 0 Å². The minimum absolute atomic E-state index is 0.128. The number of carbonyl (C=O) groups is 1. The molecule has 0 aromatic heterocycles. The number of esters is 1. The van der Waals surface area contributed by atoms with Gasteiger partial charge in [-0.15, -0.1) is 0 Å². The van der Waals surface area contributed by atoms with Crippen LogP contribution in [0.1, 0.15) is 60.8 Å². The summed E-state index contributed by atoms with van der Waals surface area (Å²) in [7, 11) is 0. The zero-order chi connectivity index (χ0) is 16.0. The Hall–Kier alpha value is -0.610. The first-order chi connectivity index (χ1) is 9.80. The molecule has 0 aromatic rings. The van der Waals surface area contributed by atoms with E-state index in [2.05, 4.69) is 37.9 Å². The molecule has 0 spiro atoms. The van der Waals surface area contributed by atoms with Crippen molar-refractivity contribution < 1.29 is 9.53 Å². The number of rotatable bonds is 7. The zero-order valence-electron chi connectivity index (χ0n) is 14.7. The van der Waals surface area contributed by atoms with E-state index in [0.29, 0.717) is 12.6 Å². The van der Waals surface area contributed by atoms with Gasteiger partial charge in [-0.25, -0.2) is 0 Å². The minimum Gasteiger partial charge on any atom is -0.465 e. The third-order valence-corrected chi connectivity index (χ3v) is 4.74. The molecule has 21 heavy (non-hydrogen) atoms. The minimum atomic E-state index is -0.593. The Kier molecular flexibility index (Phi) is 7.14. The van der Waals surface area contributed by atoms with Crippen LogP contribution in [0.25, 0.3) is 0 Å². The summed E-state index contributed by atoms with van der Waals surface area (Å²) < 4.78 is 5.28. The average Bonchev–Trinajstić information content (AvgIpc) is 2.40. The molecule has 1 saturated heterocycles. The number of likely N-dealkylation sites (tertiary alicyclic amines) is 1. The summed E-state index contributed by atoms with van der Waals surface area (Å²) in [4.78, 5) is 14.8. The standard InChI is InChI=1S/C17H34N2O2/c1-7-21-16(20)17(6,18-13(2)3)10-12-19-11-8-9-14(4)15(19)5/h13-15,18H,7-12H2,1-6H3. The van der Waals surface area contributed by atoms with E-state index >= 15 is 0 Å². The highest BCUT2D eigenvalue weighted by Crippen LogP contribution is 2.24. The molecule has 0 bridgehead atoms. The summed E-state index contributed by atoms with van der Waals surface area (Å²) in [5.41, 5.74) is -0.593. The highest BCUT2D eigenvalue weighted by atomic mass is 16.5. The third kappa shape index (κ3) is 5.26. The second-order valence-corrected chi connectivity index (χ2v) is 7.00. The van der Waals surface area contributed by atoms with Gasteiger partial charge in [-0.2, -0.15) is 0 Å². The van der Waals surface area contributed by atoms with Crippen LogP contribution in [0.5, 0.6) is 0 Å². The van der Waals surface area contributed by atoms with E-state index in [4.69, 9.17) is 4.74 Å². The van der Waals surface area contributed by atoms with Gasteiger partial charge in [-0.05, 0) is 66.3 Å². The normalized spacial score (nSPS) is 26.6. The molecule has 124 valence electrons. The number of hydrogen-bond donors (Lipinski definition) is 1. The summed E-state index contributed by atoms with van der Waals surface area (Å²) in [6.45, 7) is 15.1. The van der Waals surface area contributed by atoms with Gasteiger partial charge in [0.1, 0.15) is 5.54 Å². The van der Waals surface area contributed by atoms with Gasteiger partial charge >= 0.3 is 5.97 Å². The molecule has 3 unspecified atom stereocenters. The van der Waals surface area contributed by atoms with Crippen LogP contribution in [0, 0.1) is 5.92 Å². The molecule has 4 nitrogen and oxygen atoms in total. The molecule has 1 N–H and O–H groups in total. The summed E-state index contributed by atoms with van der Waals surface area (Å²) >= 11 is 0. The van der Waals surface area contributed by atoms with Gasteiger partial charge in [0.25, 0.3) is 0 Å². The SMILES string of the molecule is CCOC(=O)C(C)(CCN1CCCC(C)C1C)NC(C)C. The van der Waals surface area contributed by atoms with Crippen LogP contribution < -0.4 is 5.32 Å². The maximum absolute atomic E-state index is 12.3. The van der Waals surface area contributed by atoms with Crippen LogP contribution in [0.4, 0.5) is 0 Å². The van der Waals surface area contributed by atoms with Crippen molar-refractivity contribution in [1.82, 2.24) is 10.2 Å². The molecule has 4 heteroatoms. The fourth-order valence-electron chi connectivity index (χ4n) is 3.26. The Morgan fingerprint density at radius 2 is 2.10 bits per heavy atom. The Morgan fingerprint density at radius 1 is 1.43 bits per heavy atom. The first kappa shape index (κ1) is 18.4. The number of ether oxygens (including phenoxy) is 1. The van der Waals surface area contributed by atoms with Crippen LogP contribution in [-0.2, 0) is 9.53 Å². The predicted octanol–water partition coefficient (Wildman–Crippen LogP) is 2.82. The summed E-state index contributed by atoms with van der Waals surface area (Å²) in [5.74, 6) is 0.613. The quantitative estimate of drug-likeness (QED) is 0.734. The number of carbonyl (C=O) groups excluding carboxylic acids is 1. The molecule has 0 radical (unpaired) electrons. The Labute approximate surface area is 130 Å². The van der Waals surface area contributed by atoms with Crippen molar-refractivity contribution >= 4 is 5.97 Å². The second kappa shape index (κ2) is 8.14. The van der Waals surface area contributed by atoms with Crippen molar-refractivity contribution in [3.05, 3.63) is 0 Å². The van der Waals surface area contributed by atoms with Gasteiger partial charge in [-0.3, -0.25) is 10.1 Å². The summed E-state index contributed by atoms with van der Waals surface area (Å²) in [5, 5.41) is 3.41. The lowest BCUT2D eigenvalue weighted by atomic mass is 9.90. The Morgan fingerprint density at radius 3 is 2.67 bits per heavy atom. The maximum atomic E-state index is 12.3. The number of nitrogens with zero attached hydrogens (tertiary/aromatic N) is 1. The lowest BCUT2D eigenvalue weighted by Gasteiger charge is -2.40. The predicted molar refractivity (Wildman–Crippen MR) is 87.4 cm³/mol. The van der Waals surface area contributed by atoms with E-state index in [-0.39, 0.29) is 12.0 Å². The Bertz CT molecular complexity index is 333. The van der Waals surface area contributed by atoms with Crippen LogP contribution in [-0.4, -0.2) is 48.2 Å². The highest BCUT2D eigenvalue weighted by Gasteiger charge is 2.36. The van der Waals surface area contributed by atoms with E-state index in [9.17, 15) is 4.79 Å². The molecular weight excluding hydrogens is 264 g/mol. The molecule has 0 saturated carbocycles. The third-order valence-electron chi connectivity index (χ3n) is 4.74. The van der Waals surface area contributed by atoms with E-state index < -0.39 is 5.54 Å². The van der Waals surface area contributed by atoms with Gasteiger partial charge in [0.2, 0.25) is 0 Å². The fraction of sp³-hybridized carbons (Fsp3) is 0.941. The average molecular weight is 298 g/mol. The molecule has 0 aliphatic carbocycles. The van der Waals surface area contributed by atoms with Crippen molar-refractivity contribution in [3.63, 3.8) is 0 Å². The van der Waals surface area contributed by atoms with Gasteiger partial charge in [0.15, 0.2) is 0 Å². The van der Waals surface area contributed by atoms with Crippen molar-refractivity contribution in [2.45, 2.75) is 78.4 Å². The van der Waals surface area contributed by atoms with Gasteiger partial charge in [-0.1, -0.05) is 6.92 Å². The van der Waals surface area contributed by atoms with Crippen molar-refractivity contribution in [2.24, 2.45) is 5.92 Å². The number of hydrogen-bond acceptors (Lipinski definition) is 4. The van der Waals surface area contributed by atoms with Crippen molar-refractivity contribution in [3.8, 4) is 0 Å². The maximum Gasteiger partial charge on any atom is 0.326 e. The number of piperidine rings is 1. The van der Waals surface area contributed by atoms with Crippen molar-refractivity contribution in [1.29, 1.82) is 0 Å². The van der Waals surface area contributed by atoms with E-state index in [0.717, 1.165) is 25.4 Å². The molecular formula is C17H34N2O2. The first-order valence-corrected chi connectivity index (χ1v) is 8.49. The van der Waals surface area contributed by atoms with Crippen LogP contribution in [0.2, 0.25) is 0 Å². The molecule has 0 aromatic carbocycles. The lowest BCUT2D eigenvalue weighted by molar-refractivity contribution is -0.151. The van der Waals surface area contributed by atoms with E-state index in [1.54, 1.807) is 0 Å². The first-order valence-electron chi connectivity index (χ1n) is 8.49. The molecule has 0 amide bonds. The largest absolute Gasteiger partial charge is 0.465 e. The smallest absolute Gasteiger partial charge is 0.326 e. The summed E-state index contributed by atoms with van der Waals surface area (Å²) in [6, 6.07) is 0.862. The lowest BCUT2D eigenvalue weighted by Crippen LogP contribution is -2.55. The molecule has 1 fully saturated rings. The second-order valence-electron chi connectivity index (χ2n) is 7.00.